The van der Waals surface area contributed by atoms with Crippen molar-refractivity contribution in [2.24, 2.45) is 10.9 Å². The van der Waals surface area contributed by atoms with Crippen molar-refractivity contribution in [3.05, 3.63) is 23.8 Å². The molecule has 0 aromatic heterocycles. The first kappa shape index (κ1) is 21.2. The SMILES string of the molecule is CCNC(=NCc1cc(OC)ccc1OC(F)F)NCCCOCC1CC1. The summed E-state index contributed by atoms with van der Waals surface area (Å²) < 4.78 is 40.5. The van der Waals surface area contributed by atoms with Crippen molar-refractivity contribution in [3.8, 4) is 11.5 Å². The van der Waals surface area contributed by atoms with Gasteiger partial charge in [-0.25, -0.2) is 4.99 Å². The molecule has 0 aliphatic heterocycles. The molecule has 1 saturated carbocycles. The van der Waals surface area contributed by atoms with E-state index in [2.05, 4.69) is 20.4 Å². The van der Waals surface area contributed by atoms with Crippen molar-refractivity contribution < 1.29 is 23.0 Å². The summed E-state index contributed by atoms with van der Waals surface area (Å²) >= 11 is 0. The quantitative estimate of drug-likeness (QED) is 0.329. The number of benzene rings is 1. The lowest BCUT2D eigenvalue weighted by molar-refractivity contribution is -0.0504. The van der Waals surface area contributed by atoms with Gasteiger partial charge in [-0.2, -0.15) is 8.78 Å². The van der Waals surface area contributed by atoms with Crippen molar-refractivity contribution in [3.63, 3.8) is 0 Å². The van der Waals surface area contributed by atoms with Gasteiger partial charge >= 0.3 is 6.61 Å². The number of nitrogens with one attached hydrogen (secondary N) is 2. The Morgan fingerprint density at radius 2 is 2.11 bits per heavy atom. The highest BCUT2D eigenvalue weighted by Gasteiger charge is 2.20. The van der Waals surface area contributed by atoms with Gasteiger partial charge in [-0.3, -0.25) is 0 Å². The number of alkyl halides is 2. The molecule has 0 saturated heterocycles. The summed E-state index contributed by atoms with van der Waals surface area (Å²) in [6.45, 7) is 2.25. The molecule has 1 aromatic rings. The lowest BCUT2D eigenvalue weighted by Gasteiger charge is -2.13. The van der Waals surface area contributed by atoms with Gasteiger partial charge in [0.25, 0.3) is 0 Å². The van der Waals surface area contributed by atoms with Gasteiger partial charge in [0.05, 0.1) is 13.7 Å². The second-order valence-corrected chi connectivity index (χ2v) is 6.35. The average Bonchev–Trinajstić information content (AvgIpc) is 3.47. The number of ether oxygens (including phenoxy) is 3. The fourth-order valence-corrected chi connectivity index (χ4v) is 2.44. The van der Waals surface area contributed by atoms with E-state index >= 15 is 0 Å². The summed E-state index contributed by atoms with van der Waals surface area (Å²) in [5.74, 6) is 2.04. The third-order valence-corrected chi connectivity index (χ3v) is 4.04. The van der Waals surface area contributed by atoms with E-state index in [1.807, 2.05) is 6.92 Å². The topological polar surface area (TPSA) is 64.1 Å². The molecule has 0 unspecified atom stereocenters. The fourth-order valence-electron chi connectivity index (χ4n) is 2.44. The van der Waals surface area contributed by atoms with Gasteiger partial charge in [-0.05, 0) is 50.3 Å². The number of methoxy groups -OCH3 is 1. The molecular weight excluding hydrogens is 356 g/mol. The molecule has 0 radical (unpaired) electrons. The molecular formula is C19H29F2N3O3. The molecule has 152 valence electrons. The van der Waals surface area contributed by atoms with Crippen molar-refractivity contribution >= 4 is 5.96 Å². The predicted octanol–water partition coefficient (Wildman–Crippen LogP) is 3.17. The second-order valence-electron chi connectivity index (χ2n) is 6.35. The normalized spacial score (nSPS) is 14.3. The van der Waals surface area contributed by atoms with Gasteiger partial charge in [0.2, 0.25) is 0 Å². The van der Waals surface area contributed by atoms with E-state index in [1.165, 1.54) is 26.0 Å². The molecule has 1 aromatic carbocycles. The Morgan fingerprint density at radius 1 is 1.30 bits per heavy atom. The molecule has 1 fully saturated rings. The van der Waals surface area contributed by atoms with Crippen LogP contribution in [-0.4, -0.2) is 46.0 Å². The van der Waals surface area contributed by atoms with Gasteiger partial charge in [-0.1, -0.05) is 0 Å². The first-order chi connectivity index (χ1) is 13.1. The Kier molecular flexibility index (Phi) is 9.10. The molecule has 2 rings (SSSR count). The molecule has 8 heteroatoms. The standard InChI is InChI=1S/C19H29F2N3O3/c1-3-22-19(23-9-4-10-26-13-14-5-6-14)24-12-15-11-16(25-2)7-8-17(15)27-18(20)21/h7-8,11,14,18H,3-6,9-10,12-13H2,1-2H3,(H2,22,23,24). The first-order valence-electron chi connectivity index (χ1n) is 9.34. The summed E-state index contributed by atoms with van der Waals surface area (Å²) in [5, 5.41) is 6.36. The largest absolute Gasteiger partial charge is 0.497 e. The van der Waals surface area contributed by atoms with Crippen LogP contribution in [0.4, 0.5) is 8.78 Å². The van der Waals surface area contributed by atoms with Gasteiger partial charge in [0.1, 0.15) is 11.5 Å². The minimum atomic E-state index is -2.89. The summed E-state index contributed by atoms with van der Waals surface area (Å²) in [4.78, 5) is 4.46. The third-order valence-electron chi connectivity index (χ3n) is 4.04. The van der Waals surface area contributed by atoms with Crippen LogP contribution in [0.1, 0.15) is 31.7 Å². The highest BCUT2D eigenvalue weighted by Crippen LogP contribution is 2.28. The lowest BCUT2D eigenvalue weighted by Crippen LogP contribution is -2.38. The summed E-state index contributed by atoms with van der Waals surface area (Å²) in [5.41, 5.74) is 0.527. The van der Waals surface area contributed by atoms with Gasteiger partial charge in [0, 0.05) is 31.9 Å². The molecule has 0 heterocycles. The summed E-state index contributed by atoms with van der Waals surface area (Å²) in [6.07, 6.45) is 3.45. The Balaban J connectivity index is 1.87. The van der Waals surface area contributed by atoms with Crippen LogP contribution in [0.3, 0.4) is 0 Å². The van der Waals surface area contributed by atoms with E-state index in [0.29, 0.717) is 30.4 Å². The Morgan fingerprint density at radius 3 is 2.78 bits per heavy atom. The van der Waals surface area contributed by atoms with Crippen LogP contribution in [0.5, 0.6) is 11.5 Å². The zero-order valence-corrected chi connectivity index (χ0v) is 16.0. The average molecular weight is 385 g/mol. The van der Waals surface area contributed by atoms with E-state index in [9.17, 15) is 8.78 Å². The number of hydrogen-bond acceptors (Lipinski definition) is 4. The zero-order chi connectivity index (χ0) is 19.5. The smallest absolute Gasteiger partial charge is 0.387 e. The maximum atomic E-state index is 12.6. The number of hydrogen-bond donors (Lipinski definition) is 2. The van der Waals surface area contributed by atoms with Crippen LogP contribution < -0.4 is 20.1 Å². The molecule has 6 nitrogen and oxygen atoms in total. The zero-order valence-electron chi connectivity index (χ0n) is 16.0. The van der Waals surface area contributed by atoms with E-state index in [4.69, 9.17) is 9.47 Å². The third kappa shape index (κ3) is 8.43. The lowest BCUT2D eigenvalue weighted by atomic mass is 10.2. The van der Waals surface area contributed by atoms with Crippen molar-refractivity contribution in [2.45, 2.75) is 39.3 Å². The minimum Gasteiger partial charge on any atom is -0.497 e. The molecule has 1 aliphatic carbocycles. The van der Waals surface area contributed by atoms with Crippen LogP contribution in [0.15, 0.2) is 23.2 Å². The second kappa shape index (κ2) is 11.6. The highest BCUT2D eigenvalue weighted by molar-refractivity contribution is 5.79. The summed E-state index contributed by atoms with van der Waals surface area (Å²) in [6, 6.07) is 4.69. The van der Waals surface area contributed by atoms with Crippen LogP contribution >= 0.6 is 0 Å². The maximum Gasteiger partial charge on any atom is 0.387 e. The van der Waals surface area contributed by atoms with Gasteiger partial charge in [-0.15, -0.1) is 0 Å². The minimum absolute atomic E-state index is 0.0962. The monoisotopic (exact) mass is 385 g/mol. The molecule has 0 atom stereocenters. The van der Waals surface area contributed by atoms with Crippen LogP contribution in [0.2, 0.25) is 0 Å². The predicted molar refractivity (Wildman–Crippen MR) is 101 cm³/mol. The van der Waals surface area contributed by atoms with Crippen molar-refractivity contribution in [2.75, 3.05) is 33.4 Å². The van der Waals surface area contributed by atoms with E-state index in [-0.39, 0.29) is 12.3 Å². The molecule has 27 heavy (non-hydrogen) atoms. The maximum absolute atomic E-state index is 12.6. The van der Waals surface area contributed by atoms with E-state index in [0.717, 1.165) is 25.5 Å². The van der Waals surface area contributed by atoms with Crippen molar-refractivity contribution in [1.82, 2.24) is 10.6 Å². The molecule has 0 spiro atoms. The molecule has 0 bridgehead atoms. The Bertz CT molecular complexity index is 596. The van der Waals surface area contributed by atoms with Crippen molar-refractivity contribution in [1.29, 1.82) is 0 Å². The van der Waals surface area contributed by atoms with Crippen LogP contribution in [-0.2, 0) is 11.3 Å². The summed E-state index contributed by atoms with van der Waals surface area (Å²) in [7, 11) is 1.52. The van der Waals surface area contributed by atoms with E-state index < -0.39 is 6.61 Å². The molecule has 0 amide bonds. The number of halogens is 2. The Labute approximate surface area is 159 Å². The first-order valence-corrected chi connectivity index (χ1v) is 9.34. The number of guanidine groups is 1. The van der Waals surface area contributed by atoms with Crippen LogP contribution in [0, 0.1) is 5.92 Å². The molecule has 2 N–H and O–H groups in total. The van der Waals surface area contributed by atoms with E-state index in [1.54, 1.807) is 12.1 Å². The number of rotatable bonds is 12. The number of nitrogens with zero attached hydrogens (tertiary/aromatic N) is 1. The van der Waals surface area contributed by atoms with Gasteiger partial charge < -0.3 is 24.8 Å². The van der Waals surface area contributed by atoms with Gasteiger partial charge in [0.15, 0.2) is 5.96 Å². The number of aliphatic imine (C=N–C) groups is 1. The van der Waals surface area contributed by atoms with Crippen LogP contribution in [0.25, 0.3) is 0 Å². The fraction of sp³-hybridized carbons (Fsp3) is 0.632. The highest BCUT2D eigenvalue weighted by atomic mass is 19.3. The Hall–Kier alpha value is -2.09. The molecule has 1 aliphatic rings.